The minimum Gasteiger partial charge on any atom is -0.508 e. The molecule has 0 saturated carbocycles. The fourth-order valence-corrected chi connectivity index (χ4v) is 5.97. The number of carbonyl (C=O) groups excluding carboxylic acids is 1. The molecule has 0 aliphatic carbocycles. The van der Waals surface area contributed by atoms with Gasteiger partial charge in [-0.15, -0.1) is 0 Å². The van der Waals surface area contributed by atoms with E-state index >= 15 is 0 Å². The van der Waals surface area contributed by atoms with E-state index in [0.717, 1.165) is 19.4 Å². The number of anilines is 2. The molecule has 0 spiro atoms. The molecule has 39 heavy (non-hydrogen) atoms. The number of fused-ring (bicyclic) bond motifs is 2. The fourth-order valence-electron chi connectivity index (χ4n) is 5.97. The summed E-state index contributed by atoms with van der Waals surface area (Å²) in [6.45, 7) is 8.13. The van der Waals surface area contributed by atoms with Crippen molar-refractivity contribution in [2.24, 2.45) is 5.92 Å². The van der Waals surface area contributed by atoms with Gasteiger partial charge in [-0.05, 0) is 54.8 Å². The number of aryl methyl sites for hydroxylation is 1. The van der Waals surface area contributed by atoms with Crippen LogP contribution in [0.5, 0.6) is 11.8 Å². The molecule has 9 nitrogen and oxygen atoms in total. The first-order valence-corrected chi connectivity index (χ1v) is 13.8. The molecular formula is C29H34FN5O4. The molecule has 2 N–H and O–H groups in total. The van der Waals surface area contributed by atoms with E-state index in [1.807, 2.05) is 6.92 Å². The number of aromatic hydroxyl groups is 1. The van der Waals surface area contributed by atoms with E-state index < -0.39 is 0 Å². The maximum Gasteiger partial charge on any atom is 0.318 e. The van der Waals surface area contributed by atoms with Crippen LogP contribution in [0.25, 0.3) is 10.8 Å². The molecule has 2 aromatic carbocycles. The van der Waals surface area contributed by atoms with E-state index in [0.29, 0.717) is 84.3 Å². The number of phenolic OH excluding ortho intramolecular Hbond substituents is 1. The first-order chi connectivity index (χ1) is 18.9. The molecule has 206 valence electrons. The van der Waals surface area contributed by atoms with Gasteiger partial charge in [0.2, 0.25) is 0 Å². The van der Waals surface area contributed by atoms with E-state index in [-0.39, 0.29) is 36.1 Å². The Balaban J connectivity index is 1.41. The Morgan fingerprint density at radius 3 is 2.90 bits per heavy atom. The lowest BCUT2D eigenvalue weighted by Gasteiger charge is -2.24. The van der Waals surface area contributed by atoms with Gasteiger partial charge in [0.05, 0.1) is 24.5 Å². The van der Waals surface area contributed by atoms with Crippen molar-refractivity contribution >= 4 is 28.2 Å². The molecule has 4 heterocycles. The fraction of sp³-hybridized carbons (Fsp3) is 0.483. The van der Waals surface area contributed by atoms with Crippen molar-refractivity contribution in [2.45, 2.75) is 45.7 Å². The number of nitrogens with one attached hydrogen (secondary N) is 1. The van der Waals surface area contributed by atoms with Gasteiger partial charge in [-0.25, -0.2) is 4.39 Å². The lowest BCUT2D eigenvalue weighted by atomic mass is 9.99. The number of phenols is 1. The minimum atomic E-state index is -0.336. The Hall–Kier alpha value is -3.50. The summed E-state index contributed by atoms with van der Waals surface area (Å²) in [5.74, 6) is 0.520. The number of nitrogens with zero attached hydrogens (tertiary/aromatic N) is 4. The molecular weight excluding hydrogens is 501 g/mol. The number of hydrogen-bond donors (Lipinski definition) is 2. The van der Waals surface area contributed by atoms with Crippen LogP contribution in [-0.2, 0) is 17.7 Å². The average Bonchev–Trinajstić information content (AvgIpc) is 3.36. The zero-order valence-electron chi connectivity index (χ0n) is 22.4. The number of rotatable bonds is 6. The van der Waals surface area contributed by atoms with Crippen LogP contribution in [0, 0.1) is 11.7 Å². The lowest BCUT2D eigenvalue weighted by molar-refractivity contribution is 0.0997. The van der Waals surface area contributed by atoms with E-state index in [4.69, 9.17) is 14.5 Å². The normalized spacial score (nSPS) is 21.5. The van der Waals surface area contributed by atoms with Crippen LogP contribution in [0.15, 0.2) is 24.3 Å². The monoisotopic (exact) mass is 535 g/mol. The maximum atomic E-state index is 14.9. The number of ether oxygens (including phenoxy) is 2. The van der Waals surface area contributed by atoms with Gasteiger partial charge in [0.25, 0.3) is 5.91 Å². The van der Waals surface area contributed by atoms with Crippen molar-refractivity contribution in [3.8, 4) is 11.8 Å². The molecule has 1 aromatic heterocycles. The summed E-state index contributed by atoms with van der Waals surface area (Å²) in [5.41, 5.74) is 1.94. The summed E-state index contributed by atoms with van der Waals surface area (Å²) >= 11 is 0. The highest BCUT2D eigenvalue weighted by atomic mass is 19.1. The van der Waals surface area contributed by atoms with E-state index in [1.54, 1.807) is 17.0 Å². The number of amides is 1. The Kier molecular flexibility index (Phi) is 6.99. The smallest absolute Gasteiger partial charge is 0.318 e. The number of benzene rings is 2. The van der Waals surface area contributed by atoms with Gasteiger partial charge >= 0.3 is 6.01 Å². The molecule has 3 aliphatic heterocycles. The van der Waals surface area contributed by atoms with Gasteiger partial charge in [0, 0.05) is 37.2 Å². The van der Waals surface area contributed by atoms with Crippen LogP contribution in [0.3, 0.4) is 0 Å². The second kappa shape index (κ2) is 10.6. The predicted octanol–water partition coefficient (Wildman–Crippen LogP) is 3.80. The molecule has 3 aromatic rings. The Morgan fingerprint density at radius 1 is 1.23 bits per heavy atom. The highest BCUT2D eigenvalue weighted by Crippen LogP contribution is 2.41. The van der Waals surface area contributed by atoms with Crippen molar-refractivity contribution in [1.82, 2.24) is 15.3 Å². The number of hydrogen-bond acceptors (Lipinski definition) is 8. The predicted molar refractivity (Wildman–Crippen MR) is 146 cm³/mol. The first-order valence-electron chi connectivity index (χ1n) is 13.8. The minimum absolute atomic E-state index is 0.00760. The molecule has 1 amide bonds. The van der Waals surface area contributed by atoms with E-state index in [9.17, 15) is 14.3 Å². The molecule has 2 atom stereocenters. The summed E-state index contributed by atoms with van der Waals surface area (Å²) < 4.78 is 26.6. The summed E-state index contributed by atoms with van der Waals surface area (Å²) in [6.07, 6.45) is 2.28. The largest absolute Gasteiger partial charge is 0.508 e. The molecule has 0 bridgehead atoms. The number of carbonyl (C=O) groups is 1. The third-order valence-electron chi connectivity index (χ3n) is 7.86. The third kappa shape index (κ3) is 4.87. The standard InChI is InChI=1S/C29H34FN5O4/c1-3-21-22(30)6-5-18-12-20(36)13-24(25(18)21)35-15-23-26(28(35)37)27(34-7-4-9-38-10-8-34)33-29(32-23)39-16-19-11-17(2)14-31-19/h5-6,12-13,17,19,31,36H,3-4,7-11,14-16H2,1-2H3/t17-,19-/m0/s1. The van der Waals surface area contributed by atoms with Crippen LogP contribution < -0.4 is 19.9 Å². The summed E-state index contributed by atoms with van der Waals surface area (Å²) in [5, 5.41) is 15.3. The van der Waals surface area contributed by atoms with Crippen LogP contribution in [-0.4, -0.2) is 66.5 Å². The van der Waals surface area contributed by atoms with Crippen LogP contribution in [0.2, 0.25) is 0 Å². The zero-order chi connectivity index (χ0) is 27.1. The molecule has 10 heteroatoms. The summed E-state index contributed by atoms with van der Waals surface area (Å²) in [6, 6.07) is 6.63. The molecule has 6 rings (SSSR count). The van der Waals surface area contributed by atoms with Gasteiger partial charge < -0.3 is 29.7 Å². The zero-order valence-corrected chi connectivity index (χ0v) is 22.4. The van der Waals surface area contributed by atoms with Crippen LogP contribution in [0.1, 0.15) is 48.3 Å². The Morgan fingerprint density at radius 2 is 2.10 bits per heavy atom. The highest BCUT2D eigenvalue weighted by Gasteiger charge is 2.37. The van der Waals surface area contributed by atoms with Crippen molar-refractivity contribution in [3.05, 3.63) is 46.9 Å². The average molecular weight is 536 g/mol. The number of halogens is 1. The first kappa shape index (κ1) is 25.8. The maximum absolute atomic E-state index is 14.9. The quantitative estimate of drug-likeness (QED) is 0.492. The van der Waals surface area contributed by atoms with Crippen molar-refractivity contribution < 1.29 is 23.8 Å². The molecule has 3 aliphatic rings. The number of aromatic nitrogens is 2. The molecule has 0 radical (unpaired) electrons. The van der Waals surface area contributed by atoms with Crippen molar-refractivity contribution in [1.29, 1.82) is 0 Å². The van der Waals surface area contributed by atoms with Crippen molar-refractivity contribution in [2.75, 3.05) is 49.3 Å². The van der Waals surface area contributed by atoms with E-state index in [2.05, 4.69) is 22.1 Å². The topological polar surface area (TPSA) is 100 Å². The van der Waals surface area contributed by atoms with E-state index in [1.165, 1.54) is 12.1 Å². The molecule has 0 unspecified atom stereocenters. The second-order valence-corrected chi connectivity index (χ2v) is 10.7. The third-order valence-corrected chi connectivity index (χ3v) is 7.86. The van der Waals surface area contributed by atoms with Crippen LogP contribution in [0.4, 0.5) is 15.9 Å². The highest BCUT2D eigenvalue weighted by molar-refractivity contribution is 6.16. The summed E-state index contributed by atoms with van der Waals surface area (Å²) in [4.78, 5) is 27.1. The molecule has 2 fully saturated rings. The van der Waals surface area contributed by atoms with Gasteiger partial charge in [-0.2, -0.15) is 9.97 Å². The summed E-state index contributed by atoms with van der Waals surface area (Å²) in [7, 11) is 0. The SMILES string of the molecule is CCc1c(F)ccc2cc(O)cc(N3Cc4nc(OC[C@@H]5C[C@H](C)CN5)nc(N5CCCOCC5)c4C3=O)c12. The van der Waals surface area contributed by atoms with Gasteiger partial charge in [-0.1, -0.05) is 19.9 Å². The Bertz CT molecular complexity index is 1410. The van der Waals surface area contributed by atoms with Gasteiger partial charge in [0.1, 0.15) is 29.6 Å². The van der Waals surface area contributed by atoms with Gasteiger partial charge in [0.15, 0.2) is 0 Å². The van der Waals surface area contributed by atoms with Crippen molar-refractivity contribution in [3.63, 3.8) is 0 Å². The van der Waals surface area contributed by atoms with Crippen LogP contribution >= 0.6 is 0 Å². The Labute approximate surface area is 226 Å². The lowest BCUT2D eigenvalue weighted by Crippen LogP contribution is -2.31. The molecule has 2 saturated heterocycles. The van der Waals surface area contributed by atoms with Gasteiger partial charge in [-0.3, -0.25) is 4.79 Å². The second-order valence-electron chi connectivity index (χ2n) is 10.7.